The van der Waals surface area contributed by atoms with Crippen LogP contribution in [-0.2, 0) is 6.54 Å². The van der Waals surface area contributed by atoms with E-state index in [1.807, 2.05) is 24.4 Å². The Kier molecular flexibility index (Phi) is 4.72. The molecule has 100 valence electrons. The molecule has 3 heteroatoms. The molecular weight excluding hydrogens is 224 g/mol. The maximum atomic E-state index is 10.2. The molecule has 1 aromatic rings. The number of hydrogen-bond donors (Lipinski definition) is 1. The number of aliphatic hydroxyl groups is 1. The second-order valence-electron chi connectivity index (χ2n) is 5.46. The minimum Gasteiger partial charge on any atom is -0.391 e. The zero-order valence-electron chi connectivity index (χ0n) is 11.4. The van der Waals surface area contributed by atoms with Crippen LogP contribution in [0.25, 0.3) is 0 Å². The summed E-state index contributed by atoms with van der Waals surface area (Å²) in [6.45, 7) is 3.07. The number of rotatable bonds is 4. The number of likely N-dealkylation sites (N-methyl/N-ethyl adjacent to an activating group) is 1. The number of hydrogen-bond acceptors (Lipinski definition) is 3. The highest BCUT2D eigenvalue weighted by Gasteiger charge is 2.31. The molecule has 1 aliphatic rings. The van der Waals surface area contributed by atoms with Crippen LogP contribution in [-0.4, -0.2) is 34.2 Å². The smallest absolute Gasteiger partial charge is 0.0695 e. The summed E-state index contributed by atoms with van der Waals surface area (Å²) in [5.74, 6) is 0.768. The van der Waals surface area contributed by atoms with Crippen LogP contribution in [0.2, 0.25) is 0 Å². The predicted molar refractivity (Wildman–Crippen MR) is 73.1 cm³/mol. The Balaban J connectivity index is 1.96. The summed E-state index contributed by atoms with van der Waals surface area (Å²) in [4.78, 5) is 6.61. The second kappa shape index (κ2) is 6.30. The molecule has 0 aromatic carbocycles. The second-order valence-corrected chi connectivity index (χ2v) is 5.46. The highest BCUT2D eigenvalue weighted by Crippen LogP contribution is 2.30. The van der Waals surface area contributed by atoms with E-state index < -0.39 is 0 Å². The minimum atomic E-state index is -0.179. The summed E-state index contributed by atoms with van der Waals surface area (Å²) in [6.07, 6.45) is 6.10. The van der Waals surface area contributed by atoms with E-state index in [4.69, 9.17) is 0 Å². The molecule has 0 saturated heterocycles. The number of aliphatic hydroxyl groups excluding tert-OH is 1. The summed E-state index contributed by atoms with van der Waals surface area (Å²) in [5, 5.41) is 10.2. The topological polar surface area (TPSA) is 36.4 Å². The van der Waals surface area contributed by atoms with Crippen molar-refractivity contribution < 1.29 is 5.11 Å². The van der Waals surface area contributed by atoms with Crippen molar-refractivity contribution in [3.63, 3.8) is 0 Å². The quantitative estimate of drug-likeness (QED) is 0.889. The van der Waals surface area contributed by atoms with Gasteiger partial charge in [0, 0.05) is 18.8 Å². The molecule has 2 rings (SSSR count). The highest BCUT2D eigenvalue weighted by molar-refractivity contribution is 5.03. The number of aromatic nitrogens is 1. The van der Waals surface area contributed by atoms with E-state index in [0.717, 1.165) is 31.0 Å². The van der Waals surface area contributed by atoms with E-state index in [1.54, 1.807) is 0 Å². The van der Waals surface area contributed by atoms with Crippen molar-refractivity contribution in [2.45, 2.75) is 51.3 Å². The predicted octanol–water partition coefficient (Wildman–Crippen LogP) is 2.45. The van der Waals surface area contributed by atoms with Crippen molar-refractivity contribution in [1.29, 1.82) is 0 Å². The van der Waals surface area contributed by atoms with Crippen molar-refractivity contribution in [2.24, 2.45) is 5.92 Å². The fourth-order valence-corrected chi connectivity index (χ4v) is 2.92. The van der Waals surface area contributed by atoms with Crippen LogP contribution in [0.4, 0.5) is 0 Å². The normalized spacial score (nSPS) is 28.6. The van der Waals surface area contributed by atoms with E-state index in [0.29, 0.717) is 0 Å². The van der Waals surface area contributed by atoms with Crippen molar-refractivity contribution in [3.8, 4) is 0 Å². The fraction of sp³-hybridized carbons (Fsp3) is 0.667. The van der Waals surface area contributed by atoms with Gasteiger partial charge in [0.25, 0.3) is 0 Å². The zero-order chi connectivity index (χ0) is 13.0. The maximum Gasteiger partial charge on any atom is 0.0695 e. The van der Waals surface area contributed by atoms with Crippen LogP contribution in [0.3, 0.4) is 0 Å². The summed E-state index contributed by atoms with van der Waals surface area (Å²) in [5.41, 5.74) is 1.07. The van der Waals surface area contributed by atoms with Gasteiger partial charge in [-0.05, 0) is 44.4 Å². The summed E-state index contributed by atoms with van der Waals surface area (Å²) >= 11 is 0. The van der Waals surface area contributed by atoms with Gasteiger partial charge in [-0.15, -0.1) is 0 Å². The molecule has 1 aliphatic carbocycles. The lowest BCUT2D eigenvalue weighted by atomic mass is 9.82. The molecule has 0 bridgehead atoms. The molecule has 1 fully saturated rings. The largest absolute Gasteiger partial charge is 0.391 e. The van der Waals surface area contributed by atoms with E-state index in [1.165, 1.54) is 12.8 Å². The molecule has 0 aliphatic heterocycles. The first-order valence-electron chi connectivity index (χ1n) is 6.99. The molecule has 3 nitrogen and oxygen atoms in total. The van der Waals surface area contributed by atoms with Crippen LogP contribution in [0.1, 0.15) is 38.3 Å². The van der Waals surface area contributed by atoms with Gasteiger partial charge in [-0.25, -0.2) is 0 Å². The van der Waals surface area contributed by atoms with Crippen molar-refractivity contribution in [2.75, 3.05) is 7.05 Å². The lowest BCUT2D eigenvalue weighted by Crippen LogP contribution is -2.45. The Bertz CT molecular complexity index is 355. The number of pyridine rings is 1. The standard InChI is InChI=1S/C15H24N2O/c1-3-12-7-8-15(18)14(10-12)17(2)11-13-6-4-5-9-16-13/h4-6,9,12,14-15,18H,3,7-8,10-11H2,1-2H3. The van der Waals surface area contributed by atoms with Crippen molar-refractivity contribution >= 4 is 0 Å². The first kappa shape index (κ1) is 13.5. The third-order valence-corrected chi connectivity index (χ3v) is 4.17. The highest BCUT2D eigenvalue weighted by atomic mass is 16.3. The average Bonchev–Trinajstić information content (AvgIpc) is 2.40. The zero-order valence-corrected chi connectivity index (χ0v) is 11.4. The molecule has 1 aromatic heterocycles. The van der Waals surface area contributed by atoms with Crippen molar-refractivity contribution in [3.05, 3.63) is 30.1 Å². The van der Waals surface area contributed by atoms with Crippen LogP contribution in [0.15, 0.2) is 24.4 Å². The third-order valence-electron chi connectivity index (χ3n) is 4.17. The molecule has 0 radical (unpaired) electrons. The molecule has 1 heterocycles. The Morgan fingerprint density at radius 1 is 1.39 bits per heavy atom. The van der Waals surface area contributed by atoms with Gasteiger partial charge in [-0.3, -0.25) is 9.88 Å². The molecular formula is C15H24N2O. The summed E-state index contributed by atoms with van der Waals surface area (Å²) in [7, 11) is 2.10. The van der Waals surface area contributed by atoms with Gasteiger partial charge in [0.05, 0.1) is 11.8 Å². The van der Waals surface area contributed by atoms with Gasteiger partial charge in [-0.2, -0.15) is 0 Å². The van der Waals surface area contributed by atoms with Gasteiger partial charge < -0.3 is 5.11 Å². The van der Waals surface area contributed by atoms with E-state index in [2.05, 4.69) is 23.9 Å². The van der Waals surface area contributed by atoms with E-state index >= 15 is 0 Å². The van der Waals surface area contributed by atoms with Crippen LogP contribution in [0.5, 0.6) is 0 Å². The molecule has 0 amide bonds. The fourth-order valence-electron chi connectivity index (χ4n) is 2.92. The summed E-state index contributed by atoms with van der Waals surface area (Å²) < 4.78 is 0. The van der Waals surface area contributed by atoms with E-state index in [-0.39, 0.29) is 12.1 Å². The Morgan fingerprint density at radius 3 is 2.89 bits per heavy atom. The van der Waals surface area contributed by atoms with Crippen LogP contribution in [0, 0.1) is 5.92 Å². The molecule has 0 spiro atoms. The molecule has 3 unspecified atom stereocenters. The summed E-state index contributed by atoms with van der Waals surface area (Å²) in [6, 6.07) is 6.28. The molecule has 1 saturated carbocycles. The van der Waals surface area contributed by atoms with Gasteiger partial charge in [0.15, 0.2) is 0 Å². The van der Waals surface area contributed by atoms with Crippen LogP contribution >= 0.6 is 0 Å². The Morgan fingerprint density at radius 2 is 2.22 bits per heavy atom. The first-order valence-corrected chi connectivity index (χ1v) is 6.99. The maximum absolute atomic E-state index is 10.2. The Labute approximate surface area is 110 Å². The van der Waals surface area contributed by atoms with Gasteiger partial charge in [0.2, 0.25) is 0 Å². The minimum absolute atomic E-state index is 0.179. The average molecular weight is 248 g/mol. The molecule has 3 atom stereocenters. The lowest BCUT2D eigenvalue weighted by molar-refractivity contribution is 0.0100. The number of nitrogens with zero attached hydrogens (tertiary/aromatic N) is 2. The molecule has 18 heavy (non-hydrogen) atoms. The molecule has 1 N–H and O–H groups in total. The van der Waals surface area contributed by atoms with E-state index in [9.17, 15) is 5.11 Å². The lowest BCUT2D eigenvalue weighted by Gasteiger charge is -2.38. The van der Waals surface area contributed by atoms with Gasteiger partial charge >= 0.3 is 0 Å². The Hall–Kier alpha value is -0.930. The SMILES string of the molecule is CCC1CCC(O)C(N(C)Cc2ccccn2)C1. The monoisotopic (exact) mass is 248 g/mol. The van der Waals surface area contributed by atoms with Crippen LogP contribution < -0.4 is 0 Å². The first-order chi connectivity index (χ1) is 8.70. The van der Waals surface area contributed by atoms with Gasteiger partial charge in [-0.1, -0.05) is 19.4 Å². The van der Waals surface area contributed by atoms with Crippen molar-refractivity contribution in [1.82, 2.24) is 9.88 Å². The third kappa shape index (κ3) is 3.30. The van der Waals surface area contributed by atoms with Gasteiger partial charge in [0.1, 0.15) is 0 Å².